The van der Waals surface area contributed by atoms with Crippen molar-refractivity contribution in [1.29, 1.82) is 0 Å². The topological polar surface area (TPSA) is 95.7 Å². The molecule has 8 nitrogen and oxygen atoms in total. The fourth-order valence-electron chi connectivity index (χ4n) is 4.40. The molecule has 1 fully saturated rings. The Kier molecular flexibility index (Phi) is 7.86. The molecule has 0 spiro atoms. The zero-order valence-electron chi connectivity index (χ0n) is 21.5. The summed E-state index contributed by atoms with van der Waals surface area (Å²) in [4.78, 5) is 28.8. The predicted octanol–water partition coefficient (Wildman–Crippen LogP) is 5.72. The number of hydrogen-bond donors (Lipinski definition) is 3. The van der Waals surface area contributed by atoms with E-state index >= 15 is 0 Å². The molecule has 1 aliphatic rings. The number of pyridine rings is 1. The molecule has 1 aliphatic heterocycles. The Bertz CT molecular complexity index is 1430. The number of likely N-dealkylation sites (N-methyl/N-ethyl adjacent to an activating group) is 1. The SMILES string of the molecule is CCOc1cc(-c2ccc(NC(=O)Nc3ccc(OC4(C)CCN(C)C4)c(C(F)(F)F)c3)c(F)c2)c[nH]c1=O. The van der Waals surface area contributed by atoms with Crippen molar-refractivity contribution in [2.75, 3.05) is 37.4 Å². The van der Waals surface area contributed by atoms with Crippen molar-refractivity contribution in [3.05, 3.63) is 70.4 Å². The van der Waals surface area contributed by atoms with Gasteiger partial charge < -0.3 is 30.0 Å². The van der Waals surface area contributed by atoms with Crippen LogP contribution in [0.3, 0.4) is 0 Å². The van der Waals surface area contributed by atoms with E-state index in [0.29, 0.717) is 30.6 Å². The summed E-state index contributed by atoms with van der Waals surface area (Å²) in [6.45, 7) is 4.93. The molecule has 0 saturated carbocycles. The van der Waals surface area contributed by atoms with Crippen molar-refractivity contribution in [3.8, 4) is 22.6 Å². The maximum absolute atomic E-state index is 14.8. The lowest BCUT2D eigenvalue weighted by atomic mass is 10.1. The molecule has 0 bridgehead atoms. The van der Waals surface area contributed by atoms with Crippen LogP contribution in [0.2, 0.25) is 0 Å². The minimum absolute atomic E-state index is 0.0799. The molecule has 1 unspecified atom stereocenters. The van der Waals surface area contributed by atoms with Gasteiger partial charge in [-0.25, -0.2) is 9.18 Å². The minimum atomic E-state index is -4.73. The summed E-state index contributed by atoms with van der Waals surface area (Å²) in [5.74, 6) is -1.04. The summed E-state index contributed by atoms with van der Waals surface area (Å²) in [5.41, 5.74) is -1.68. The largest absolute Gasteiger partial charge is 0.488 e. The number of ether oxygens (including phenoxy) is 2. The molecule has 2 heterocycles. The third kappa shape index (κ3) is 6.69. The first kappa shape index (κ1) is 28.0. The van der Waals surface area contributed by atoms with Crippen molar-refractivity contribution in [3.63, 3.8) is 0 Å². The van der Waals surface area contributed by atoms with Gasteiger partial charge in [0.15, 0.2) is 5.75 Å². The van der Waals surface area contributed by atoms with E-state index in [0.717, 1.165) is 18.2 Å². The number of hydrogen-bond acceptors (Lipinski definition) is 5. The van der Waals surface area contributed by atoms with Crippen LogP contribution >= 0.6 is 0 Å². The highest BCUT2D eigenvalue weighted by Crippen LogP contribution is 2.40. The molecule has 4 rings (SSSR count). The van der Waals surface area contributed by atoms with E-state index in [-0.39, 0.29) is 29.5 Å². The molecule has 2 aromatic carbocycles. The smallest absolute Gasteiger partial charge is 0.420 e. The quantitative estimate of drug-likeness (QED) is 0.329. The normalized spacial score (nSPS) is 17.6. The number of benzene rings is 2. The summed E-state index contributed by atoms with van der Waals surface area (Å²) in [5, 5.41) is 4.60. The van der Waals surface area contributed by atoms with Gasteiger partial charge in [0.25, 0.3) is 5.56 Å². The van der Waals surface area contributed by atoms with Crippen LogP contribution in [0.1, 0.15) is 25.8 Å². The number of amides is 2. The van der Waals surface area contributed by atoms with E-state index in [9.17, 15) is 27.2 Å². The van der Waals surface area contributed by atoms with E-state index in [1.54, 1.807) is 13.8 Å². The average molecular weight is 549 g/mol. The first-order chi connectivity index (χ1) is 18.4. The molecule has 1 aromatic heterocycles. The summed E-state index contributed by atoms with van der Waals surface area (Å²) in [6, 6.07) is 7.72. The third-order valence-corrected chi connectivity index (χ3v) is 6.25. The van der Waals surface area contributed by atoms with E-state index in [1.807, 2.05) is 11.9 Å². The monoisotopic (exact) mass is 548 g/mol. The first-order valence-electron chi connectivity index (χ1n) is 12.2. The molecule has 3 aromatic rings. The summed E-state index contributed by atoms with van der Waals surface area (Å²) >= 11 is 0. The molecule has 208 valence electrons. The van der Waals surface area contributed by atoms with Gasteiger partial charge in [-0.15, -0.1) is 0 Å². The van der Waals surface area contributed by atoms with Crippen LogP contribution < -0.4 is 25.7 Å². The number of nitrogens with one attached hydrogen (secondary N) is 3. The lowest BCUT2D eigenvalue weighted by Gasteiger charge is -2.28. The Hall–Kier alpha value is -4.06. The number of aromatic amines is 1. The van der Waals surface area contributed by atoms with Gasteiger partial charge in [-0.05, 0) is 62.9 Å². The number of anilines is 2. The van der Waals surface area contributed by atoms with Crippen molar-refractivity contribution in [2.24, 2.45) is 0 Å². The van der Waals surface area contributed by atoms with Crippen LogP contribution in [0.15, 0.2) is 53.5 Å². The number of H-pyrrole nitrogens is 1. The van der Waals surface area contributed by atoms with Crippen molar-refractivity contribution >= 4 is 17.4 Å². The van der Waals surface area contributed by atoms with E-state index in [4.69, 9.17) is 9.47 Å². The minimum Gasteiger partial charge on any atom is -0.488 e. The Morgan fingerprint density at radius 1 is 1.10 bits per heavy atom. The molecule has 0 radical (unpaired) electrons. The zero-order chi connectivity index (χ0) is 28.4. The highest BCUT2D eigenvalue weighted by molar-refractivity contribution is 6.00. The van der Waals surface area contributed by atoms with Crippen LogP contribution in [-0.4, -0.2) is 48.3 Å². The van der Waals surface area contributed by atoms with Gasteiger partial charge in [0.2, 0.25) is 0 Å². The van der Waals surface area contributed by atoms with Crippen molar-refractivity contribution in [1.82, 2.24) is 9.88 Å². The van der Waals surface area contributed by atoms with Gasteiger partial charge in [0.05, 0.1) is 17.9 Å². The molecule has 3 N–H and O–H groups in total. The predicted molar refractivity (Wildman–Crippen MR) is 139 cm³/mol. The summed E-state index contributed by atoms with van der Waals surface area (Å²) in [6.07, 6.45) is -2.75. The second-order valence-electron chi connectivity index (χ2n) is 9.54. The fraction of sp³-hybridized carbons (Fsp3) is 0.333. The van der Waals surface area contributed by atoms with Gasteiger partial charge >= 0.3 is 12.2 Å². The number of nitrogens with zero attached hydrogens (tertiary/aromatic N) is 1. The molecule has 1 atom stereocenters. The standard InChI is InChI=1S/C27H28F4N4O4/c1-4-38-23-12-17(14-32-24(23)36)16-5-7-21(20(28)11-16)34-25(37)33-18-6-8-22(19(13-18)27(29,30)31)39-26(2)9-10-35(3)15-26/h5-8,11-14H,4,9-10,15H2,1-3H3,(H,32,36)(H2,33,34,37). The number of carbonyl (C=O) groups excluding carboxylic acids is 1. The Balaban J connectivity index is 1.48. The van der Waals surface area contributed by atoms with E-state index < -0.39 is 34.7 Å². The van der Waals surface area contributed by atoms with Gasteiger partial charge in [-0.1, -0.05) is 6.07 Å². The molecular weight excluding hydrogens is 520 g/mol. The van der Waals surface area contributed by atoms with Crippen LogP contribution in [0.4, 0.5) is 33.7 Å². The van der Waals surface area contributed by atoms with Gasteiger partial charge in [0.1, 0.15) is 17.2 Å². The molecule has 2 amide bonds. The summed E-state index contributed by atoms with van der Waals surface area (Å²) < 4.78 is 67.2. The Morgan fingerprint density at radius 2 is 1.87 bits per heavy atom. The molecular formula is C27H28F4N4O4. The highest BCUT2D eigenvalue weighted by atomic mass is 19.4. The van der Waals surface area contributed by atoms with Crippen LogP contribution in [0.5, 0.6) is 11.5 Å². The lowest BCUT2D eigenvalue weighted by molar-refractivity contribution is -0.139. The first-order valence-corrected chi connectivity index (χ1v) is 12.2. The van der Waals surface area contributed by atoms with Crippen molar-refractivity contribution in [2.45, 2.75) is 32.0 Å². The van der Waals surface area contributed by atoms with Crippen LogP contribution in [0.25, 0.3) is 11.1 Å². The van der Waals surface area contributed by atoms with Crippen molar-refractivity contribution < 1.29 is 31.8 Å². The van der Waals surface area contributed by atoms with E-state index in [1.165, 1.54) is 30.5 Å². The Labute approximate surface area is 221 Å². The molecule has 0 aliphatic carbocycles. The van der Waals surface area contributed by atoms with Gasteiger partial charge in [-0.3, -0.25) is 4.79 Å². The highest BCUT2D eigenvalue weighted by Gasteiger charge is 2.39. The maximum Gasteiger partial charge on any atom is 0.420 e. The number of carbonyl (C=O) groups is 1. The summed E-state index contributed by atoms with van der Waals surface area (Å²) in [7, 11) is 1.86. The number of likely N-dealkylation sites (tertiary alicyclic amines) is 1. The number of alkyl halides is 3. The number of rotatable bonds is 7. The average Bonchev–Trinajstić information content (AvgIpc) is 3.20. The fourth-order valence-corrected chi connectivity index (χ4v) is 4.40. The number of aromatic nitrogens is 1. The lowest BCUT2D eigenvalue weighted by Crippen LogP contribution is -2.35. The molecule has 39 heavy (non-hydrogen) atoms. The van der Waals surface area contributed by atoms with Crippen LogP contribution in [0, 0.1) is 5.82 Å². The van der Waals surface area contributed by atoms with Gasteiger partial charge in [-0.2, -0.15) is 13.2 Å². The molecule has 1 saturated heterocycles. The van der Waals surface area contributed by atoms with Crippen LogP contribution in [-0.2, 0) is 6.18 Å². The Morgan fingerprint density at radius 3 is 2.51 bits per heavy atom. The van der Waals surface area contributed by atoms with Gasteiger partial charge in [0, 0.05) is 37.0 Å². The zero-order valence-corrected chi connectivity index (χ0v) is 21.5. The second kappa shape index (κ2) is 11.0. The maximum atomic E-state index is 14.8. The molecule has 12 heteroatoms. The van der Waals surface area contributed by atoms with E-state index in [2.05, 4.69) is 15.6 Å². The number of urea groups is 1. The third-order valence-electron chi connectivity index (χ3n) is 6.25. The number of halogens is 4. The second-order valence-corrected chi connectivity index (χ2v) is 9.54.